The Morgan fingerprint density at radius 3 is 2.68 bits per heavy atom. The molecule has 0 aliphatic rings. The van der Waals surface area contributed by atoms with Crippen LogP contribution in [-0.2, 0) is 0 Å². The van der Waals surface area contributed by atoms with Gasteiger partial charge < -0.3 is 16.4 Å². The van der Waals surface area contributed by atoms with Crippen molar-refractivity contribution in [3.63, 3.8) is 0 Å². The number of nitrogens with two attached hydrogens (primary N) is 1. The van der Waals surface area contributed by atoms with Crippen LogP contribution in [0.15, 0.2) is 42.5 Å². The number of hydrogen-bond acceptors (Lipinski definition) is 2. The van der Waals surface area contributed by atoms with E-state index in [2.05, 4.69) is 10.6 Å². The van der Waals surface area contributed by atoms with Gasteiger partial charge in [0.15, 0.2) is 0 Å². The number of anilines is 3. The first-order valence-corrected chi connectivity index (χ1v) is 6.12. The van der Waals surface area contributed by atoms with E-state index < -0.39 is 0 Å². The molecule has 19 heavy (non-hydrogen) atoms. The number of benzene rings is 2. The maximum Gasteiger partial charge on any atom is 0.323 e. The van der Waals surface area contributed by atoms with Gasteiger partial charge in [0.1, 0.15) is 0 Å². The molecule has 2 rings (SSSR count). The summed E-state index contributed by atoms with van der Waals surface area (Å²) in [6, 6.07) is 12.1. The van der Waals surface area contributed by atoms with Crippen LogP contribution in [0.1, 0.15) is 5.56 Å². The maximum atomic E-state index is 11.8. The van der Waals surface area contributed by atoms with E-state index >= 15 is 0 Å². The summed E-state index contributed by atoms with van der Waals surface area (Å²) < 4.78 is 0. The predicted octanol–water partition coefficient (Wildman–Crippen LogP) is 3.87. The van der Waals surface area contributed by atoms with Crippen molar-refractivity contribution in [3.05, 3.63) is 53.1 Å². The smallest absolute Gasteiger partial charge is 0.323 e. The fraction of sp³-hybridized carbons (Fsp3) is 0.0714. The summed E-state index contributed by atoms with van der Waals surface area (Å²) in [5, 5.41) is 5.82. The number of carbonyl (C=O) groups excluding carboxylic acids is 1. The van der Waals surface area contributed by atoms with Gasteiger partial charge in [-0.1, -0.05) is 23.7 Å². The summed E-state index contributed by atoms with van der Waals surface area (Å²) in [5.41, 5.74) is 8.45. The molecule has 0 aliphatic heterocycles. The number of urea groups is 1. The van der Waals surface area contributed by atoms with E-state index in [9.17, 15) is 4.79 Å². The number of hydrogen-bond donors (Lipinski definition) is 3. The molecule has 5 heteroatoms. The zero-order chi connectivity index (χ0) is 13.8. The van der Waals surface area contributed by atoms with Gasteiger partial charge in [0.2, 0.25) is 0 Å². The summed E-state index contributed by atoms with van der Waals surface area (Å²) in [6.07, 6.45) is 0. The fourth-order valence-electron chi connectivity index (χ4n) is 1.65. The minimum Gasteiger partial charge on any atom is -0.399 e. The van der Waals surface area contributed by atoms with Crippen LogP contribution in [0.5, 0.6) is 0 Å². The molecule has 98 valence electrons. The quantitative estimate of drug-likeness (QED) is 0.728. The fourth-order valence-corrected chi connectivity index (χ4v) is 1.81. The molecule has 2 aromatic carbocycles. The summed E-state index contributed by atoms with van der Waals surface area (Å²) in [7, 11) is 0. The Hall–Kier alpha value is -2.20. The molecule has 0 bridgehead atoms. The highest BCUT2D eigenvalue weighted by Gasteiger charge is 2.06. The number of nitrogens with one attached hydrogen (secondary N) is 2. The third-order valence-corrected chi connectivity index (χ3v) is 2.84. The zero-order valence-corrected chi connectivity index (χ0v) is 11.2. The normalized spacial score (nSPS) is 10.0. The lowest BCUT2D eigenvalue weighted by Crippen LogP contribution is -2.19. The van der Waals surface area contributed by atoms with E-state index in [4.69, 9.17) is 17.3 Å². The second-order valence-electron chi connectivity index (χ2n) is 4.19. The SMILES string of the molecule is Cc1cccc(NC(=O)Nc2cc(N)ccc2Cl)c1. The van der Waals surface area contributed by atoms with Gasteiger partial charge in [-0.15, -0.1) is 0 Å². The monoisotopic (exact) mass is 275 g/mol. The summed E-state index contributed by atoms with van der Waals surface area (Å²) in [6.45, 7) is 1.96. The van der Waals surface area contributed by atoms with Gasteiger partial charge in [0.05, 0.1) is 10.7 Å². The standard InChI is InChI=1S/C14H14ClN3O/c1-9-3-2-4-11(7-9)17-14(19)18-13-8-10(16)5-6-12(13)15/h2-8H,16H2,1H3,(H2,17,18,19). The van der Waals surface area contributed by atoms with E-state index in [1.54, 1.807) is 18.2 Å². The average Bonchev–Trinajstić information content (AvgIpc) is 2.34. The molecular weight excluding hydrogens is 262 g/mol. The molecule has 2 aromatic rings. The second-order valence-corrected chi connectivity index (χ2v) is 4.60. The molecule has 0 atom stereocenters. The van der Waals surface area contributed by atoms with Crippen molar-refractivity contribution < 1.29 is 4.79 Å². The molecule has 0 spiro atoms. The molecular formula is C14H14ClN3O. The van der Waals surface area contributed by atoms with Crippen LogP contribution in [0.25, 0.3) is 0 Å². The molecule has 0 aromatic heterocycles. The number of aryl methyl sites for hydroxylation is 1. The first-order valence-electron chi connectivity index (χ1n) is 5.74. The molecule has 4 N–H and O–H groups in total. The predicted molar refractivity (Wildman–Crippen MR) is 79.7 cm³/mol. The van der Waals surface area contributed by atoms with Gasteiger partial charge in [0, 0.05) is 11.4 Å². The highest BCUT2D eigenvalue weighted by Crippen LogP contribution is 2.24. The molecule has 0 fully saturated rings. The van der Waals surface area contributed by atoms with Crippen molar-refractivity contribution in [3.8, 4) is 0 Å². The largest absolute Gasteiger partial charge is 0.399 e. The van der Waals surface area contributed by atoms with E-state index in [1.165, 1.54) is 0 Å². The number of rotatable bonds is 2. The van der Waals surface area contributed by atoms with Crippen molar-refractivity contribution in [1.82, 2.24) is 0 Å². The van der Waals surface area contributed by atoms with Crippen LogP contribution >= 0.6 is 11.6 Å². The number of carbonyl (C=O) groups is 1. The number of amides is 2. The average molecular weight is 276 g/mol. The van der Waals surface area contributed by atoms with Gasteiger partial charge in [-0.3, -0.25) is 0 Å². The number of nitrogen functional groups attached to an aromatic ring is 1. The molecule has 4 nitrogen and oxygen atoms in total. The first-order chi connectivity index (χ1) is 9.04. The highest BCUT2D eigenvalue weighted by atomic mass is 35.5. The molecule has 0 aliphatic carbocycles. The van der Waals surface area contributed by atoms with E-state index in [1.807, 2.05) is 31.2 Å². The topological polar surface area (TPSA) is 67.2 Å². The number of halogens is 1. The van der Waals surface area contributed by atoms with Crippen molar-refractivity contribution in [1.29, 1.82) is 0 Å². The molecule has 0 saturated carbocycles. The van der Waals surface area contributed by atoms with Crippen LogP contribution in [0, 0.1) is 6.92 Å². The molecule has 0 unspecified atom stereocenters. The molecule has 0 radical (unpaired) electrons. The van der Waals surface area contributed by atoms with E-state index in [-0.39, 0.29) is 6.03 Å². The van der Waals surface area contributed by atoms with Crippen LogP contribution in [0.3, 0.4) is 0 Å². The Labute approximate surface area is 116 Å². The van der Waals surface area contributed by atoms with Gasteiger partial charge in [-0.2, -0.15) is 0 Å². The summed E-state index contributed by atoms with van der Waals surface area (Å²) in [5.74, 6) is 0. The third kappa shape index (κ3) is 3.63. The van der Waals surface area contributed by atoms with E-state index in [0.29, 0.717) is 16.4 Å². The minimum absolute atomic E-state index is 0.363. The van der Waals surface area contributed by atoms with E-state index in [0.717, 1.165) is 11.3 Å². The Morgan fingerprint density at radius 2 is 1.95 bits per heavy atom. The Balaban J connectivity index is 2.07. The maximum absolute atomic E-state index is 11.8. The minimum atomic E-state index is -0.363. The highest BCUT2D eigenvalue weighted by molar-refractivity contribution is 6.34. The van der Waals surface area contributed by atoms with Crippen molar-refractivity contribution >= 4 is 34.7 Å². The lowest BCUT2D eigenvalue weighted by Gasteiger charge is -2.10. The Bertz CT molecular complexity index is 613. The summed E-state index contributed by atoms with van der Waals surface area (Å²) in [4.78, 5) is 11.8. The first kappa shape index (κ1) is 13.2. The summed E-state index contributed by atoms with van der Waals surface area (Å²) >= 11 is 5.97. The van der Waals surface area contributed by atoms with Crippen molar-refractivity contribution in [2.45, 2.75) is 6.92 Å². The molecule has 2 amide bonds. The van der Waals surface area contributed by atoms with Gasteiger partial charge in [-0.05, 0) is 42.8 Å². The lowest BCUT2D eigenvalue weighted by atomic mass is 10.2. The van der Waals surface area contributed by atoms with Crippen molar-refractivity contribution in [2.75, 3.05) is 16.4 Å². The van der Waals surface area contributed by atoms with Gasteiger partial charge >= 0.3 is 6.03 Å². The van der Waals surface area contributed by atoms with Crippen LogP contribution in [-0.4, -0.2) is 6.03 Å². The van der Waals surface area contributed by atoms with Crippen LogP contribution in [0.2, 0.25) is 5.02 Å². The Kier molecular flexibility index (Phi) is 3.92. The van der Waals surface area contributed by atoms with Crippen LogP contribution in [0.4, 0.5) is 21.9 Å². The van der Waals surface area contributed by atoms with Crippen molar-refractivity contribution in [2.24, 2.45) is 0 Å². The Morgan fingerprint density at radius 1 is 1.16 bits per heavy atom. The van der Waals surface area contributed by atoms with Gasteiger partial charge in [0.25, 0.3) is 0 Å². The van der Waals surface area contributed by atoms with Crippen LogP contribution < -0.4 is 16.4 Å². The third-order valence-electron chi connectivity index (χ3n) is 2.51. The lowest BCUT2D eigenvalue weighted by molar-refractivity contribution is 0.262. The molecule has 0 heterocycles. The second kappa shape index (κ2) is 5.63. The van der Waals surface area contributed by atoms with Gasteiger partial charge in [-0.25, -0.2) is 4.79 Å². The zero-order valence-electron chi connectivity index (χ0n) is 10.4. The molecule has 0 saturated heterocycles.